The van der Waals surface area contributed by atoms with E-state index >= 15 is 0 Å². The van der Waals surface area contributed by atoms with Gasteiger partial charge in [-0.15, -0.1) is 11.3 Å². The molecule has 1 N–H and O–H groups in total. The van der Waals surface area contributed by atoms with Gasteiger partial charge in [0.2, 0.25) is 0 Å². The normalized spacial score (nSPS) is 12.4. The van der Waals surface area contributed by atoms with Gasteiger partial charge in [-0.3, -0.25) is 0 Å². The number of rotatable bonds is 4. The van der Waals surface area contributed by atoms with Crippen molar-refractivity contribution in [2.75, 3.05) is 5.32 Å². The van der Waals surface area contributed by atoms with Crippen molar-refractivity contribution in [2.24, 2.45) is 0 Å². The van der Waals surface area contributed by atoms with E-state index in [1.807, 2.05) is 6.92 Å². The maximum absolute atomic E-state index is 5.98. The van der Waals surface area contributed by atoms with Crippen LogP contribution in [0.4, 0.5) is 5.82 Å². The number of hydrogen-bond donors (Lipinski definition) is 1. The molecule has 2 rings (SSSR count). The number of hydrogen-bond acceptors (Lipinski definition) is 4. The van der Waals surface area contributed by atoms with Gasteiger partial charge < -0.3 is 5.32 Å². The summed E-state index contributed by atoms with van der Waals surface area (Å²) in [5, 5.41) is 6.00. The van der Waals surface area contributed by atoms with E-state index in [-0.39, 0.29) is 6.04 Å². The quantitative estimate of drug-likeness (QED) is 0.849. The molecule has 1 atom stereocenters. The second-order valence-corrected chi connectivity index (χ2v) is 5.10. The van der Waals surface area contributed by atoms with E-state index in [1.165, 1.54) is 11.2 Å². The molecule has 0 fully saturated rings. The van der Waals surface area contributed by atoms with Crippen molar-refractivity contribution in [3.63, 3.8) is 0 Å². The molecule has 2 heterocycles. The Morgan fingerprint density at radius 2 is 2.29 bits per heavy atom. The lowest BCUT2D eigenvalue weighted by Gasteiger charge is -2.17. The van der Waals surface area contributed by atoms with Crippen LogP contribution in [0.25, 0.3) is 0 Å². The monoisotopic (exact) mass is 267 g/mol. The van der Waals surface area contributed by atoms with Crippen LogP contribution in [0.2, 0.25) is 5.15 Å². The Labute approximate surface area is 110 Å². The first-order valence-electron chi connectivity index (χ1n) is 5.49. The van der Waals surface area contributed by atoms with Crippen molar-refractivity contribution in [1.82, 2.24) is 9.97 Å². The number of anilines is 1. The van der Waals surface area contributed by atoms with E-state index in [4.69, 9.17) is 11.6 Å². The highest BCUT2D eigenvalue weighted by molar-refractivity contribution is 7.10. The van der Waals surface area contributed by atoms with Crippen LogP contribution in [0.1, 0.15) is 29.8 Å². The molecule has 17 heavy (non-hydrogen) atoms. The lowest BCUT2D eigenvalue weighted by atomic mass is 10.2. The maximum Gasteiger partial charge on any atom is 0.137 e. The molecule has 0 aromatic carbocycles. The molecular weight excluding hydrogens is 254 g/mol. The molecule has 0 saturated heterocycles. The Bertz CT molecular complexity index is 485. The first-order valence-corrected chi connectivity index (χ1v) is 6.75. The first kappa shape index (κ1) is 12.3. The summed E-state index contributed by atoms with van der Waals surface area (Å²) in [7, 11) is 0. The molecule has 3 nitrogen and oxygen atoms in total. The van der Waals surface area contributed by atoms with Gasteiger partial charge >= 0.3 is 0 Å². The molecule has 0 saturated carbocycles. The Balaban J connectivity index is 2.22. The predicted molar refractivity (Wildman–Crippen MR) is 72.8 cm³/mol. The molecule has 0 aliphatic rings. The number of nitrogens with zero attached hydrogens (tertiary/aromatic N) is 2. The summed E-state index contributed by atoms with van der Waals surface area (Å²) in [5.41, 5.74) is 0.893. The van der Waals surface area contributed by atoms with Gasteiger partial charge in [0.1, 0.15) is 17.3 Å². The topological polar surface area (TPSA) is 37.8 Å². The smallest absolute Gasteiger partial charge is 0.137 e. The summed E-state index contributed by atoms with van der Waals surface area (Å²) in [6, 6.07) is 4.47. The lowest BCUT2D eigenvalue weighted by Crippen LogP contribution is -2.10. The maximum atomic E-state index is 5.98. The third-order valence-electron chi connectivity index (χ3n) is 2.63. The molecule has 0 spiro atoms. The summed E-state index contributed by atoms with van der Waals surface area (Å²) in [6.07, 6.45) is 2.49. The molecule has 0 bridgehead atoms. The van der Waals surface area contributed by atoms with Crippen LogP contribution in [0, 0.1) is 6.92 Å². The SMILES string of the molecule is CCC(Nc1ncnc(Cl)c1C)c1cccs1. The predicted octanol–water partition coefficient (Wildman–Crippen LogP) is 4.06. The molecule has 0 radical (unpaired) electrons. The molecule has 90 valence electrons. The summed E-state index contributed by atoms with van der Waals surface area (Å²) >= 11 is 7.72. The average Bonchev–Trinajstić information content (AvgIpc) is 2.85. The zero-order valence-corrected chi connectivity index (χ0v) is 11.3. The minimum atomic E-state index is 0.277. The zero-order chi connectivity index (χ0) is 12.3. The van der Waals surface area contributed by atoms with Crippen molar-refractivity contribution in [3.8, 4) is 0 Å². The van der Waals surface area contributed by atoms with Crippen LogP contribution in [0.5, 0.6) is 0 Å². The third kappa shape index (κ3) is 2.76. The van der Waals surface area contributed by atoms with Crippen LogP contribution in [0.15, 0.2) is 23.8 Å². The van der Waals surface area contributed by atoms with E-state index in [1.54, 1.807) is 11.3 Å². The number of halogens is 1. The largest absolute Gasteiger partial charge is 0.362 e. The van der Waals surface area contributed by atoms with Gasteiger partial charge in [0, 0.05) is 10.4 Å². The van der Waals surface area contributed by atoms with Crippen LogP contribution >= 0.6 is 22.9 Å². The second kappa shape index (κ2) is 5.47. The summed E-state index contributed by atoms with van der Waals surface area (Å²) in [4.78, 5) is 9.49. The van der Waals surface area contributed by atoms with Gasteiger partial charge in [0.05, 0.1) is 6.04 Å². The highest BCUT2D eigenvalue weighted by atomic mass is 35.5. The molecule has 2 aromatic rings. The van der Waals surface area contributed by atoms with Crippen molar-refractivity contribution < 1.29 is 0 Å². The molecule has 5 heteroatoms. The van der Waals surface area contributed by atoms with Crippen molar-refractivity contribution >= 4 is 28.8 Å². The highest BCUT2D eigenvalue weighted by Crippen LogP contribution is 2.27. The molecule has 0 amide bonds. The van der Waals surface area contributed by atoms with Crippen LogP contribution in [-0.2, 0) is 0 Å². The van der Waals surface area contributed by atoms with E-state index in [9.17, 15) is 0 Å². The van der Waals surface area contributed by atoms with Gasteiger partial charge in [0.15, 0.2) is 0 Å². The second-order valence-electron chi connectivity index (χ2n) is 3.76. The summed E-state index contributed by atoms with van der Waals surface area (Å²) in [6.45, 7) is 4.07. The summed E-state index contributed by atoms with van der Waals surface area (Å²) in [5.74, 6) is 0.810. The van der Waals surface area contributed by atoms with E-state index in [0.717, 1.165) is 17.8 Å². The standard InChI is InChI=1S/C12H14ClN3S/c1-3-9(10-5-4-6-17-10)16-12-8(2)11(13)14-7-15-12/h4-7,9H,3H2,1-2H3,(H,14,15,16). The lowest BCUT2D eigenvalue weighted by molar-refractivity contribution is 0.756. The molecule has 0 aliphatic heterocycles. The molecule has 0 aliphatic carbocycles. The van der Waals surface area contributed by atoms with Crippen molar-refractivity contribution in [3.05, 3.63) is 39.4 Å². The average molecular weight is 268 g/mol. The van der Waals surface area contributed by atoms with Gasteiger partial charge in [-0.1, -0.05) is 24.6 Å². The number of aromatic nitrogens is 2. The van der Waals surface area contributed by atoms with Crippen molar-refractivity contribution in [2.45, 2.75) is 26.3 Å². The third-order valence-corrected chi connectivity index (χ3v) is 4.00. The van der Waals surface area contributed by atoms with Crippen LogP contribution in [-0.4, -0.2) is 9.97 Å². The van der Waals surface area contributed by atoms with Gasteiger partial charge in [0.25, 0.3) is 0 Å². The van der Waals surface area contributed by atoms with Crippen LogP contribution < -0.4 is 5.32 Å². The molecule has 1 unspecified atom stereocenters. The minimum Gasteiger partial charge on any atom is -0.362 e. The van der Waals surface area contributed by atoms with E-state index < -0.39 is 0 Å². The Hall–Kier alpha value is -1.13. The van der Waals surface area contributed by atoms with Crippen molar-refractivity contribution in [1.29, 1.82) is 0 Å². The Morgan fingerprint density at radius 1 is 1.47 bits per heavy atom. The Morgan fingerprint density at radius 3 is 2.94 bits per heavy atom. The van der Waals surface area contributed by atoms with Crippen LogP contribution in [0.3, 0.4) is 0 Å². The number of thiophene rings is 1. The van der Waals surface area contributed by atoms with E-state index in [0.29, 0.717) is 5.15 Å². The minimum absolute atomic E-state index is 0.277. The van der Waals surface area contributed by atoms with Gasteiger partial charge in [-0.25, -0.2) is 9.97 Å². The fourth-order valence-corrected chi connectivity index (χ4v) is 2.60. The zero-order valence-electron chi connectivity index (χ0n) is 9.77. The van der Waals surface area contributed by atoms with Gasteiger partial charge in [-0.2, -0.15) is 0 Å². The Kier molecular flexibility index (Phi) is 3.97. The molecular formula is C12H14ClN3S. The summed E-state index contributed by atoms with van der Waals surface area (Å²) < 4.78 is 0. The number of nitrogens with one attached hydrogen (secondary N) is 1. The van der Waals surface area contributed by atoms with Gasteiger partial charge in [-0.05, 0) is 24.8 Å². The fraction of sp³-hybridized carbons (Fsp3) is 0.333. The fourth-order valence-electron chi connectivity index (χ4n) is 1.60. The van der Waals surface area contributed by atoms with E-state index in [2.05, 4.69) is 39.7 Å². The highest BCUT2D eigenvalue weighted by Gasteiger charge is 2.13. The first-order chi connectivity index (χ1) is 8.22. The molecule has 2 aromatic heterocycles.